The summed E-state index contributed by atoms with van der Waals surface area (Å²) in [5, 5.41) is 0. The van der Waals surface area contributed by atoms with Crippen LogP contribution in [0.5, 0.6) is 0 Å². The zero-order valence-corrected chi connectivity index (χ0v) is 15.3. The number of hydrogen-bond acceptors (Lipinski definition) is 6. The van der Waals surface area contributed by atoms with Gasteiger partial charge in [0.25, 0.3) is 5.91 Å². The summed E-state index contributed by atoms with van der Waals surface area (Å²) in [6, 6.07) is -1.22. The lowest BCUT2D eigenvalue weighted by molar-refractivity contribution is -0.677. The van der Waals surface area contributed by atoms with Crippen LogP contribution in [0.3, 0.4) is 0 Å². The zero-order valence-electron chi connectivity index (χ0n) is 15.3. The predicted molar refractivity (Wildman–Crippen MR) is 88.9 cm³/mol. The molecule has 26 heavy (non-hydrogen) atoms. The number of nitrogens with zero attached hydrogens (tertiary/aromatic N) is 5. The molecule has 1 unspecified atom stereocenters. The van der Waals surface area contributed by atoms with Crippen molar-refractivity contribution < 1.29 is 28.4 Å². The topological polar surface area (TPSA) is 97.3 Å². The zero-order chi connectivity index (χ0) is 19.0. The number of hydrogen-bond donors (Lipinski definition) is 0. The molecule has 1 fully saturated rings. The van der Waals surface area contributed by atoms with E-state index in [1.165, 1.54) is 12.0 Å². The van der Waals surface area contributed by atoms with Crippen LogP contribution in [0.2, 0.25) is 0 Å². The summed E-state index contributed by atoms with van der Waals surface area (Å²) in [6.07, 6.45) is 1.79. The number of imide groups is 1. The van der Waals surface area contributed by atoms with Gasteiger partial charge in [-0.2, -0.15) is 0 Å². The van der Waals surface area contributed by atoms with Crippen molar-refractivity contribution in [3.63, 3.8) is 0 Å². The fourth-order valence-electron chi connectivity index (χ4n) is 3.20. The maximum absolute atomic E-state index is 13.0. The van der Waals surface area contributed by atoms with E-state index in [2.05, 4.69) is 9.73 Å². The van der Waals surface area contributed by atoms with E-state index in [1.54, 1.807) is 18.7 Å². The molecule has 3 amide bonds. The van der Waals surface area contributed by atoms with Crippen LogP contribution in [-0.4, -0.2) is 72.5 Å². The first-order chi connectivity index (χ1) is 12.4. The third-order valence-corrected chi connectivity index (χ3v) is 4.61. The van der Waals surface area contributed by atoms with Gasteiger partial charge in [-0.3, -0.25) is 19.4 Å². The van der Waals surface area contributed by atoms with Gasteiger partial charge in [0, 0.05) is 20.7 Å². The van der Waals surface area contributed by atoms with Gasteiger partial charge in [-0.15, -0.1) is 0 Å². The van der Waals surface area contributed by atoms with Crippen LogP contribution in [0.15, 0.2) is 11.2 Å². The summed E-state index contributed by atoms with van der Waals surface area (Å²) in [7, 11) is 4.46. The maximum atomic E-state index is 13.0. The molecule has 1 aromatic rings. The Morgan fingerprint density at radius 2 is 2.04 bits per heavy atom. The molecule has 1 aromatic heterocycles. The summed E-state index contributed by atoms with van der Waals surface area (Å²) in [5.41, 5.74) is 0.938. The van der Waals surface area contributed by atoms with Crippen molar-refractivity contribution in [2.24, 2.45) is 4.99 Å². The molecule has 0 aliphatic carbocycles. The highest BCUT2D eigenvalue weighted by molar-refractivity contribution is 6.19. The Labute approximate surface area is 150 Å². The number of fused-ring (bicyclic) bond motifs is 3. The van der Waals surface area contributed by atoms with E-state index in [9.17, 15) is 14.4 Å². The Hall–Kier alpha value is -2.75. The molecule has 3 rings (SSSR count). The third kappa shape index (κ3) is 2.75. The standard InChI is InChI=1S/C16H22N5O5/c1-10-9-21-12-13(17-15(21)19(10)7-8-25-3)18(2)16(24)20(14(12)23)6-5-11(22)26-4/h9,12H,5-8H2,1-4H3/q+1. The molecule has 0 bridgehead atoms. The molecule has 2 aliphatic heterocycles. The van der Waals surface area contributed by atoms with Crippen molar-refractivity contribution in [2.75, 3.05) is 34.4 Å². The van der Waals surface area contributed by atoms with Gasteiger partial charge in [0.15, 0.2) is 0 Å². The normalized spacial score (nSPS) is 18.8. The fourth-order valence-corrected chi connectivity index (χ4v) is 3.20. The lowest BCUT2D eigenvalue weighted by Crippen LogP contribution is -2.62. The molecular formula is C16H22N5O5+. The molecule has 1 saturated heterocycles. The lowest BCUT2D eigenvalue weighted by atomic mass is 10.1. The fraction of sp³-hybridized carbons (Fsp3) is 0.562. The highest BCUT2D eigenvalue weighted by Gasteiger charge is 2.53. The van der Waals surface area contributed by atoms with Gasteiger partial charge in [0.05, 0.1) is 26.7 Å². The van der Waals surface area contributed by atoms with Crippen molar-refractivity contribution in [1.82, 2.24) is 14.4 Å². The second kappa shape index (κ2) is 6.87. The summed E-state index contributed by atoms with van der Waals surface area (Å²) < 4.78 is 13.4. The summed E-state index contributed by atoms with van der Waals surface area (Å²) >= 11 is 0. The van der Waals surface area contributed by atoms with E-state index in [0.29, 0.717) is 24.9 Å². The van der Waals surface area contributed by atoms with E-state index in [4.69, 9.17) is 4.74 Å². The van der Waals surface area contributed by atoms with Crippen LogP contribution < -0.4 is 4.57 Å². The summed E-state index contributed by atoms with van der Waals surface area (Å²) in [4.78, 5) is 43.8. The number of methoxy groups -OCH3 is 2. The number of amidine groups is 1. The second-order valence-electron chi connectivity index (χ2n) is 6.15. The molecule has 140 valence electrons. The molecule has 2 aliphatic rings. The Bertz CT molecular complexity index is 799. The molecule has 3 heterocycles. The summed E-state index contributed by atoms with van der Waals surface area (Å²) in [6.45, 7) is 2.99. The van der Waals surface area contributed by atoms with Crippen LogP contribution in [0, 0.1) is 6.92 Å². The Kier molecular flexibility index (Phi) is 4.77. The van der Waals surface area contributed by atoms with Gasteiger partial charge in [-0.05, 0) is 6.92 Å². The highest BCUT2D eigenvalue weighted by atomic mass is 16.5. The van der Waals surface area contributed by atoms with Gasteiger partial charge in [0.1, 0.15) is 11.9 Å². The minimum Gasteiger partial charge on any atom is -0.469 e. The molecule has 0 spiro atoms. The van der Waals surface area contributed by atoms with E-state index >= 15 is 0 Å². The number of likely N-dealkylation sites (N-methyl/N-ethyl adjacent to an activating group) is 1. The Morgan fingerprint density at radius 3 is 2.69 bits per heavy atom. The van der Waals surface area contributed by atoms with Crippen molar-refractivity contribution in [3.05, 3.63) is 11.9 Å². The maximum Gasteiger partial charge on any atom is 0.402 e. The van der Waals surface area contributed by atoms with Gasteiger partial charge < -0.3 is 9.47 Å². The van der Waals surface area contributed by atoms with Crippen LogP contribution >= 0.6 is 0 Å². The first kappa shape index (κ1) is 18.1. The van der Waals surface area contributed by atoms with E-state index in [-0.39, 0.29) is 13.0 Å². The number of aryl methyl sites for hydroxylation is 1. The number of carbonyl (C=O) groups is 3. The number of aromatic nitrogens is 2. The average Bonchev–Trinajstić information content (AvgIpc) is 3.12. The number of imidazole rings is 1. The number of ether oxygens (including phenoxy) is 2. The first-order valence-electron chi connectivity index (χ1n) is 8.25. The molecule has 0 aromatic carbocycles. The first-order valence-corrected chi connectivity index (χ1v) is 8.25. The molecular weight excluding hydrogens is 342 g/mol. The minimum absolute atomic E-state index is 0.0300. The number of amides is 3. The second-order valence-corrected chi connectivity index (χ2v) is 6.15. The van der Waals surface area contributed by atoms with Crippen LogP contribution in [0.25, 0.3) is 0 Å². The minimum atomic E-state index is -0.715. The monoisotopic (exact) mass is 364 g/mol. The lowest BCUT2D eigenvalue weighted by Gasteiger charge is -2.32. The van der Waals surface area contributed by atoms with Gasteiger partial charge in [0.2, 0.25) is 11.9 Å². The third-order valence-electron chi connectivity index (χ3n) is 4.61. The van der Waals surface area contributed by atoms with Crippen molar-refractivity contribution in [2.45, 2.75) is 25.9 Å². The Morgan fingerprint density at radius 1 is 1.31 bits per heavy atom. The molecule has 0 saturated carbocycles. The number of esters is 1. The van der Waals surface area contributed by atoms with E-state index in [1.807, 2.05) is 17.7 Å². The predicted octanol–water partition coefficient (Wildman–Crippen LogP) is -0.228. The molecule has 1 atom stereocenters. The van der Waals surface area contributed by atoms with Crippen molar-refractivity contribution >= 4 is 29.7 Å². The smallest absolute Gasteiger partial charge is 0.402 e. The number of aliphatic imine (C=N–C) groups is 1. The quantitative estimate of drug-likeness (QED) is 0.513. The average molecular weight is 364 g/mol. The number of rotatable bonds is 6. The van der Waals surface area contributed by atoms with E-state index in [0.717, 1.165) is 10.6 Å². The van der Waals surface area contributed by atoms with Crippen LogP contribution in [0.1, 0.15) is 18.2 Å². The van der Waals surface area contributed by atoms with Gasteiger partial charge in [-0.1, -0.05) is 4.99 Å². The van der Waals surface area contributed by atoms with Crippen LogP contribution in [-0.2, 0) is 25.6 Å². The van der Waals surface area contributed by atoms with Crippen LogP contribution in [0.4, 0.5) is 10.7 Å². The largest absolute Gasteiger partial charge is 0.469 e. The van der Waals surface area contributed by atoms with Crippen molar-refractivity contribution in [3.8, 4) is 0 Å². The Balaban J connectivity index is 1.93. The SMILES string of the molecule is COCCn1c(C)c[n+]2c1N=C1C2C(=O)N(CCC(=O)OC)C(=O)N1C. The number of carbonyl (C=O) groups excluding carboxylic acids is 3. The summed E-state index contributed by atoms with van der Waals surface area (Å²) in [5.74, 6) is 0.107. The number of urea groups is 1. The van der Waals surface area contributed by atoms with Gasteiger partial charge >= 0.3 is 17.9 Å². The molecule has 10 nitrogen and oxygen atoms in total. The van der Waals surface area contributed by atoms with E-state index < -0.39 is 23.9 Å². The molecule has 0 N–H and O–H groups in total. The van der Waals surface area contributed by atoms with Crippen molar-refractivity contribution in [1.29, 1.82) is 0 Å². The van der Waals surface area contributed by atoms with Gasteiger partial charge in [-0.25, -0.2) is 13.9 Å². The highest BCUT2D eigenvalue weighted by Crippen LogP contribution is 2.29. The molecule has 0 radical (unpaired) electrons. The molecule has 10 heteroatoms.